The third-order valence-electron chi connectivity index (χ3n) is 3.63. The van der Waals surface area contributed by atoms with E-state index >= 15 is 0 Å². The molecule has 2 rings (SSSR count). The fourth-order valence-electron chi connectivity index (χ4n) is 2.53. The van der Waals surface area contributed by atoms with Gasteiger partial charge in [-0.3, -0.25) is 0 Å². The molecule has 2 aromatic rings. The number of hydrogen-bond acceptors (Lipinski definition) is 3. The molecule has 0 N–H and O–H groups in total. The number of para-hydroxylation sites is 1. The number of carbonyl (C=O) groups excluding carboxylic acids is 1. The first-order valence-corrected chi connectivity index (χ1v) is 8.26. The van der Waals surface area contributed by atoms with Gasteiger partial charge in [0, 0.05) is 11.5 Å². The lowest BCUT2D eigenvalue weighted by atomic mass is 9.98. The summed E-state index contributed by atoms with van der Waals surface area (Å²) in [6.07, 6.45) is 0. The zero-order chi connectivity index (χ0) is 17.7. The van der Waals surface area contributed by atoms with E-state index in [1.807, 2.05) is 0 Å². The van der Waals surface area contributed by atoms with E-state index in [0.717, 1.165) is 0 Å². The number of halogens is 3. The first-order valence-electron chi connectivity index (χ1n) is 7.47. The second-order valence-electron chi connectivity index (χ2n) is 5.22. The Bertz CT molecular complexity index is 694. The van der Waals surface area contributed by atoms with Gasteiger partial charge in [-0.2, -0.15) is 8.78 Å². The maximum Gasteiger partial charge on any atom is 0.379 e. The van der Waals surface area contributed by atoms with Crippen LogP contribution in [0.5, 0.6) is 0 Å². The first-order chi connectivity index (χ1) is 11.4. The summed E-state index contributed by atoms with van der Waals surface area (Å²) in [6.45, 7) is 1.40. The first kappa shape index (κ1) is 18.4. The van der Waals surface area contributed by atoms with E-state index in [1.54, 1.807) is 54.6 Å². The van der Waals surface area contributed by atoms with Gasteiger partial charge in [0.05, 0.1) is 12.3 Å². The molecule has 3 nitrogen and oxygen atoms in total. The van der Waals surface area contributed by atoms with Crippen molar-refractivity contribution in [3.05, 3.63) is 64.6 Å². The van der Waals surface area contributed by atoms with Crippen LogP contribution >= 0.6 is 15.9 Å². The molecule has 0 amide bonds. The highest BCUT2D eigenvalue weighted by Crippen LogP contribution is 2.41. The van der Waals surface area contributed by atoms with Crippen LogP contribution in [-0.4, -0.2) is 25.5 Å². The summed E-state index contributed by atoms with van der Waals surface area (Å²) in [6, 6.07) is 13.7. The molecule has 0 saturated carbocycles. The maximum atomic E-state index is 14.9. The van der Waals surface area contributed by atoms with Gasteiger partial charge in [0.25, 0.3) is 0 Å². The number of anilines is 1. The monoisotopic (exact) mass is 397 g/mol. The Morgan fingerprint density at radius 1 is 1.17 bits per heavy atom. The smallest absolute Gasteiger partial charge is 0.379 e. The number of hydrogen-bond donors (Lipinski definition) is 0. The van der Waals surface area contributed by atoms with Gasteiger partial charge in [0.2, 0.25) is 0 Å². The van der Waals surface area contributed by atoms with Crippen LogP contribution in [0.2, 0.25) is 0 Å². The molecule has 0 saturated heterocycles. The molecular formula is C18H18BrF2NO2. The molecule has 0 heterocycles. The highest BCUT2D eigenvalue weighted by Gasteiger charge is 2.51. The minimum Gasteiger partial charge on any atom is -0.461 e. The Kier molecular flexibility index (Phi) is 5.94. The lowest BCUT2D eigenvalue weighted by molar-refractivity contribution is -0.175. The van der Waals surface area contributed by atoms with Crippen molar-refractivity contribution >= 4 is 27.6 Å². The Labute approximate surface area is 148 Å². The van der Waals surface area contributed by atoms with E-state index in [9.17, 15) is 13.6 Å². The van der Waals surface area contributed by atoms with E-state index in [0.29, 0.717) is 15.7 Å². The molecule has 2 aromatic carbocycles. The molecule has 0 aliphatic carbocycles. The fraction of sp³-hybridized carbons (Fsp3) is 0.278. The fourth-order valence-corrected chi connectivity index (χ4v) is 3.09. The number of rotatable bonds is 6. The molecule has 128 valence electrons. The Hall–Kier alpha value is -1.95. The quantitative estimate of drug-likeness (QED) is 0.654. The molecule has 0 aliphatic heterocycles. The van der Waals surface area contributed by atoms with Crippen LogP contribution in [0.1, 0.15) is 18.5 Å². The SMILES string of the molecule is CCOC(=O)C(F)(F)C(c1ccccc1)N(C)c1ccccc1Br. The Morgan fingerprint density at radius 2 is 1.75 bits per heavy atom. The van der Waals surface area contributed by atoms with E-state index in [-0.39, 0.29) is 6.61 Å². The van der Waals surface area contributed by atoms with Crippen LogP contribution in [-0.2, 0) is 9.53 Å². The van der Waals surface area contributed by atoms with E-state index in [1.165, 1.54) is 18.9 Å². The van der Waals surface area contributed by atoms with Gasteiger partial charge in [0.1, 0.15) is 6.04 Å². The van der Waals surface area contributed by atoms with Gasteiger partial charge in [-0.25, -0.2) is 4.79 Å². The Morgan fingerprint density at radius 3 is 2.33 bits per heavy atom. The highest BCUT2D eigenvalue weighted by atomic mass is 79.9. The van der Waals surface area contributed by atoms with Crippen molar-refractivity contribution in [2.24, 2.45) is 0 Å². The van der Waals surface area contributed by atoms with Gasteiger partial charge < -0.3 is 9.64 Å². The van der Waals surface area contributed by atoms with Crippen molar-refractivity contribution in [3.63, 3.8) is 0 Å². The second kappa shape index (κ2) is 7.75. The highest BCUT2D eigenvalue weighted by molar-refractivity contribution is 9.10. The summed E-state index contributed by atoms with van der Waals surface area (Å²) in [7, 11) is 1.53. The summed E-state index contributed by atoms with van der Waals surface area (Å²) in [4.78, 5) is 13.3. The van der Waals surface area contributed by atoms with Crippen molar-refractivity contribution in [2.45, 2.75) is 18.9 Å². The molecule has 24 heavy (non-hydrogen) atoms. The lowest BCUT2D eigenvalue weighted by Gasteiger charge is -2.35. The van der Waals surface area contributed by atoms with Crippen molar-refractivity contribution in [2.75, 3.05) is 18.6 Å². The molecule has 0 fully saturated rings. The van der Waals surface area contributed by atoms with Crippen LogP contribution in [0.15, 0.2) is 59.1 Å². The summed E-state index contributed by atoms with van der Waals surface area (Å²) in [5, 5.41) is 0. The molecular weight excluding hydrogens is 380 g/mol. The third kappa shape index (κ3) is 3.75. The predicted molar refractivity (Wildman–Crippen MR) is 93.3 cm³/mol. The largest absolute Gasteiger partial charge is 0.461 e. The number of alkyl halides is 2. The lowest BCUT2D eigenvalue weighted by Crippen LogP contribution is -2.45. The summed E-state index contributed by atoms with van der Waals surface area (Å²) >= 11 is 3.37. The Balaban J connectivity index is 2.52. The van der Waals surface area contributed by atoms with Gasteiger partial charge in [-0.1, -0.05) is 42.5 Å². The maximum absolute atomic E-state index is 14.9. The van der Waals surface area contributed by atoms with Crippen LogP contribution in [0.25, 0.3) is 0 Å². The van der Waals surface area contributed by atoms with Crippen LogP contribution in [0, 0.1) is 0 Å². The number of carbonyl (C=O) groups is 1. The predicted octanol–water partition coefficient (Wildman–Crippen LogP) is 4.83. The van der Waals surface area contributed by atoms with Crippen molar-refractivity contribution in [1.29, 1.82) is 0 Å². The molecule has 0 spiro atoms. The average molecular weight is 398 g/mol. The van der Waals surface area contributed by atoms with E-state index in [4.69, 9.17) is 0 Å². The minimum atomic E-state index is -3.71. The molecule has 0 aliphatic rings. The molecule has 1 atom stereocenters. The second-order valence-corrected chi connectivity index (χ2v) is 6.07. The van der Waals surface area contributed by atoms with Gasteiger partial charge in [0.15, 0.2) is 0 Å². The van der Waals surface area contributed by atoms with Crippen LogP contribution in [0.4, 0.5) is 14.5 Å². The molecule has 0 bridgehead atoms. The topological polar surface area (TPSA) is 29.5 Å². The summed E-state index contributed by atoms with van der Waals surface area (Å²) in [5.41, 5.74) is 0.879. The van der Waals surface area contributed by atoms with Crippen molar-refractivity contribution in [1.82, 2.24) is 0 Å². The van der Waals surface area contributed by atoms with E-state index < -0.39 is 17.9 Å². The zero-order valence-corrected chi connectivity index (χ0v) is 15.0. The zero-order valence-electron chi connectivity index (χ0n) is 13.4. The van der Waals surface area contributed by atoms with Crippen molar-refractivity contribution < 1.29 is 18.3 Å². The number of ether oxygens (including phenoxy) is 1. The summed E-state index contributed by atoms with van der Waals surface area (Å²) in [5.74, 6) is -5.24. The molecule has 0 aromatic heterocycles. The average Bonchev–Trinajstić information content (AvgIpc) is 2.56. The standard InChI is InChI=1S/C18H18BrF2NO2/c1-3-24-17(23)18(20,21)16(13-9-5-4-6-10-13)22(2)15-12-8-7-11-14(15)19/h4-12,16H,3H2,1-2H3. The van der Waals surface area contributed by atoms with Crippen molar-refractivity contribution in [3.8, 4) is 0 Å². The number of benzene rings is 2. The third-order valence-corrected chi connectivity index (χ3v) is 4.30. The van der Waals surface area contributed by atoms with Gasteiger partial charge >= 0.3 is 11.9 Å². The summed E-state index contributed by atoms with van der Waals surface area (Å²) < 4.78 is 35.0. The number of nitrogens with zero attached hydrogens (tertiary/aromatic N) is 1. The van der Waals surface area contributed by atoms with Gasteiger partial charge in [-0.05, 0) is 40.5 Å². The van der Waals surface area contributed by atoms with E-state index in [2.05, 4.69) is 20.7 Å². The molecule has 0 radical (unpaired) electrons. The van der Waals surface area contributed by atoms with Crippen LogP contribution < -0.4 is 4.90 Å². The normalized spacial score (nSPS) is 12.5. The number of esters is 1. The van der Waals surface area contributed by atoms with Crippen LogP contribution in [0.3, 0.4) is 0 Å². The molecule has 6 heteroatoms. The van der Waals surface area contributed by atoms with Gasteiger partial charge in [-0.15, -0.1) is 0 Å². The minimum absolute atomic E-state index is 0.103. The molecule has 1 unspecified atom stereocenters.